The number of hydrogen-bond acceptors (Lipinski definition) is 3. The van der Waals surface area contributed by atoms with Gasteiger partial charge in [-0.3, -0.25) is 9.69 Å². The number of likely N-dealkylation sites (tertiary alicyclic amines) is 1. The van der Waals surface area contributed by atoms with Crippen molar-refractivity contribution in [3.8, 4) is 0 Å². The fourth-order valence-electron chi connectivity index (χ4n) is 3.83. The van der Waals surface area contributed by atoms with Crippen molar-refractivity contribution in [2.75, 3.05) is 13.1 Å². The third-order valence-electron chi connectivity index (χ3n) is 5.03. The van der Waals surface area contributed by atoms with E-state index in [1.165, 1.54) is 5.56 Å². The summed E-state index contributed by atoms with van der Waals surface area (Å²) in [4.78, 5) is 19.1. The number of rotatable bonds is 5. The largest absolute Gasteiger partial charge is 0.321 e. The summed E-state index contributed by atoms with van der Waals surface area (Å²) in [6.07, 6.45) is 1.16. The summed E-state index contributed by atoms with van der Waals surface area (Å²) in [5.41, 5.74) is 3.33. The van der Waals surface area contributed by atoms with Gasteiger partial charge in [0.15, 0.2) is 11.6 Å². The molecule has 0 N–H and O–H groups in total. The summed E-state index contributed by atoms with van der Waals surface area (Å²) in [6, 6.07) is 18.7. The van der Waals surface area contributed by atoms with Crippen LogP contribution in [-0.4, -0.2) is 33.3 Å². The second-order valence-corrected chi connectivity index (χ2v) is 6.97. The summed E-state index contributed by atoms with van der Waals surface area (Å²) in [5, 5.41) is 0. The molecule has 1 fully saturated rings. The highest BCUT2D eigenvalue weighted by Crippen LogP contribution is 2.24. The maximum Gasteiger partial charge on any atom is 0.195 e. The topological polar surface area (TPSA) is 38.1 Å². The van der Waals surface area contributed by atoms with E-state index in [9.17, 15) is 4.79 Å². The molecule has 4 nitrogen and oxygen atoms in total. The molecular formula is C21H23N3O. The molecule has 2 aromatic carbocycles. The van der Waals surface area contributed by atoms with Crippen molar-refractivity contribution in [1.82, 2.24) is 14.5 Å². The minimum atomic E-state index is 0.0374. The standard InChI is InChI=1S/C21H23N3O/c1-16(25)21-22-19-9-5-6-10-20(19)24(21)15-18-11-12-23(14-18)13-17-7-3-2-4-8-17/h2-10,18H,11-15H2,1H3/t18-/m1/s1. The van der Waals surface area contributed by atoms with Gasteiger partial charge < -0.3 is 4.57 Å². The van der Waals surface area contributed by atoms with Crippen molar-refractivity contribution >= 4 is 16.8 Å². The highest BCUT2D eigenvalue weighted by Gasteiger charge is 2.25. The average Bonchev–Trinajstić information content (AvgIpc) is 3.21. The molecule has 1 aliphatic heterocycles. The molecule has 0 radical (unpaired) electrons. The summed E-state index contributed by atoms with van der Waals surface area (Å²) >= 11 is 0. The number of carbonyl (C=O) groups is 1. The van der Waals surface area contributed by atoms with Crippen LogP contribution in [0.1, 0.15) is 29.5 Å². The maximum atomic E-state index is 12.0. The molecular weight excluding hydrogens is 310 g/mol. The molecule has 4 heteroatoms. The third-order valence-corrected chi connectivity index (χ3v) is 5.03. The van der Waals surface area contributed by atoms with Crippen molar-refractivity contribution in [1.29, 1.82) is 0 Å². The zero-order valence-electron chi connectivity index (χ0n) is 14.6. The first-order chi connectivity index (χ1) is 12.2. The van der Waals surface area contributed by atoms with Crippen LogP contribution in [0.2, 0.25) is 0 Å². The molecule has 0 bridgehead atoms. The molecule has 1 aromatic heterocycles. The Bertz CT molecular complexity index is 885. The van der Waals surface area contributed by atoms with Crippen LogP contribution < -0.4 is 0 Å². The van der Waals surface area contributed by atoms with Crippen molar-refractivity contribution in [3.05, 3.63) is 66.0 Å². The smallest absolute Gasteiger partial charge is 0.195 e. The Labute approximate surface area is 148 Å². The van der Waals surface area contributed by atoms with Gasteiger partial charge in [0, 0.05) is 26.6 Å². The lowest BCUT2D eigenvalue weighted by molar-refractivity contribution is 0.0999. The molecule has 128 valence electrons. The van der Waals surface area contributed by atoms with E-state index in [0.29, 0.717) is 11.7 Å². The first-order valence-corrected chi connectivity index (χ1v) is 8.93. The lowest BCUT2D eigenvalue weighted by atomic mass is 10.1. The van der Waals surface area contributed by atoms with Crippen LogP contribution >= 0.6 is 0 Å². The van der Waals surface area contributed by atoms with E-state index < -0.39 is 0 Å². The van der Waals surface area contributed by atoms with Crippen LogP contribution in [0.5, 0.6) is 0 Å². The second-order valence-electron chi connectivity index (χ2n) is 6.97. The number of carbonyl (C=O) groups excluding carboxylic acids is 1. The zero-order chi connectivity index (χ0) is 17.2. The monoisotopic (exact) mass is 333 g/mol. The molecule has 0 saturated carbocycles. The summed E-state index contributed by atoms with van der Waals surface area (Å²) in [5.74, 6) is 1.18. The van der Waals surface area contributed by atoms with Gasteiger partial charge in [-0.2, -0.15) is 0 Å². The zero-order valence-corrected chi connectivity index (χ0v) is 14.6. The summed E-state index contributed by atoms with van der Waals surface area (Å²) in [7, 11) is 0. The number of ketones is 1. The van der Waals surface area contributed by atoms with E-state index in [1.54, 1.807) is 6.92 Å². The van der Waals surface area contributed by atoms with Crippen molar-refractivity contribution in [3.63, 3.8) is 0 Å². The predicted octanol–water partition coefficient (Wildman–Crippen LogP) is 3.76. The molecule has 1 saturated heterocycles. The van der Waals surface area contributed by atoms with Crippen LogP contribution in [-0.2, 0) is 13.1 Å². The Kier molecular flexibility index (Phi) is 4.36. The predicted molar refractivity (Wildman–Crippen MR) is 99.6 cm³/mol. The fourth-order valence-corrected chi connectivity index (χ4v) is 3.83. The van der Waals surface area contributed by atoms with E-state index >= 15 is 0 Å². The average molecular weight is 333 g/mol. The summed E-state index contributed by atoms with van der Waals surface area (Å²) < 4.78 is 2.12. The number of fused-ring (bicyclic) bond motifs is 1. The quantitative estimate of drug-likeness (QED) is 0.667. The molecule has 3 aromatic rings. The molecule has 1 atom stereocenters. The number of benzene rings is 2. The minimum absolute atomic E-state index is 0.0374. The normalized spacial score (nSPS) is 18.0. The van der Waals surface area contributed by atoms with Crippen LogP contribution in [0.3, 0.4) is 0 Å². The van der Waals surface area contributed by atoms with Gasteiger partial charge in [0.1, 0.15) is 0 Å². The molecule has 0 spiro atoms. The van der Waals surface area contributed by atoms with Crippen LogP contribution in [0.4, 0.5) is 0 Å². The van der Waals surface area contributed by atoms with Gasteiger partial charge >= 0.3 is 0 Å². The molecule has 4 rings (SSSR count). The Morgan fingerprint density at radius 2 is 1.88 bits per heavy atom. The lowest BCUT2D eigenvalue weighted by Gasteiger charge is -2.17. The van der Waals surface area contributed by atoms with Gasteiger partial charge in [0.25, 0.3) is 0 Å². The number of hydrogen-bond donors (Lipinski definition) is 0. The van der Waals surface area contributed by atoms with Gasteiger partial charge in [-0.25, -0.2) is 4.98 Å². The van der Waals surface area contributed by atoms with E-state index in [-0.39, 0.29) is 5.78 Å². The van der Waals surface area contributed by atoms with Crippen molar-refractivity contribution < 1.29 is 4.79 Å². The first kappa shape index (κ1) is 16.0. The molecule has 2 heterocycles. The first-order valence-electron chi connectivity index (χ1n) is 8.93. The van der Waals surface area contributed by atoms with E-state index in [0.717, 1.165) is 43.6 Å². The van der Waals surface area contributed by atoms with Gasteiger partial charge in [0.05, 0.1) is 11.0 Å². The van der Waals surface area contributed by atoms with Crippen molar-refractivity contribution in [2.45, 2.75) is 26.4 Å². The van der Waals surface area contributed by atoms with E-state index in [1.807, 2.05) is 18.2 Å². The molecule has 0 amide bonds. The van der Waals surface area contributed by atoms with Crippen LogP contribution in [0.25, 0.3) is 11.0 Å². The number of imidazole rings is 1. The Morgan fingerprint density at radius 1 is 1.12 bits per heavy atom. The Hall–Kier alpha value is -2.46. The highest BCUT2D eigenvalue weighted by atomic mass is 16.1. The van der Waals surface area contributed by atoms with Crippen molar-refractivity contribution in [2.24, 2.45) is 5.92 Å². The molecule has 25 heavy (non-hydrogen) atoms. The Morgan fingerprint density at radius 3 is 2.68 bits per heavy atom. The van der Waals surface area contributed by atoms with Gasteiger partial charge in [-0.1, -0.05) is 42.5 Å². The number of Topliss-reactive ketones (excluding diaryl/α,β-unsaturated/α-hetero) is 1. The maximum absolute atomic E-state index is 12.0. The van der Waals surface area contributed by atoms with Gasteiger partial charge in [-0.05, 0) is 36.6 Å². The highest BCUT2D eigenvalue weighted by molar-refractivity contribution is 5.94. The Balaban J connectivity index is 1.50. The molecule has 0 aliphatic carbocycles. The van der Waals surface area contributed by atoms with E-state index in [4.69, 9.17) is 0 Å². The fraction of sp³-hybridized carbons (Fsp3) is 0.333. The van der Waals surface area contributed by atoms with E-state index in [2.05, 4.69) is 50.8 Å². The number of aromatic nitrogens is 2. The lowest BCUT2D eigenvalue weighted by Crippen LogP contribution is -2.22. The second kappa shape index (κ2) is 6.81. The number of nitrogens with zero attached hydrogens (tertiary/aromatic N) is 3. The molecule has 0 unspecified atom stereocenters. The summed E-state index contributed by atoms with van der Waals surface area (Å²) in [6.45, 7) is 5.65. The van der Waals surface area contributed by atoms with Gasteiger partial charge in [0.2, 0.25) is 0 Å². The minimum Gasteiger partial charge on any atom is -0.321 e. The van der Waals surface area contributed by atoms with Crippen LogP contribution in [0.15, 0.2) is 54.6 Å². The van der Waals surface area contributed by atoms with Gasteiger partial charge in [-0.15, -0.1) is 0 Å². The van der Waals surface area contributed by atoms with Crippen LogP contribution in [0, 0.1) is 5.92 Å². The third kappa shape index (κ3) is 3.35. The SMILES string of the molecule is CC(=O)c1nc2ccccc2n1C[C@@H]1CCN(Cc2ccccc2)C1. The molecule has 1 aliphatic rings. The number of para-hydroxylation sites is 2.